The van der Waals surface area contributed by atoms with Crippen LogP contribution in [0.15, 0.2) is 41.3 Å². The van der Waals surface area contributed by atoms with Crippen LogP contribution in [0.2, 0.25) is 0 Å². The molecular weight excluding hydrogens is 406 g/mol. The fourth-order valence-corrected chi connectivity index (χ4v) is 5.15. The Kier molecular flexibility index (Phi) is 5.25. The summed E-state index contributed by atoms with van der Waals surface area (Å²) in [7, 11) is -2.54. The van der Waals surface area contributed by atoms with Gasteiger partial charge in [0.15, 0.2) is 6.61 Å². The molecular formula is C21H23N3O5S. The molecule has 30 heavy (non-hydrogen) atoms. The first-order valence-corrected chi connectivity index (χ1v) is 11.1. The van der Waals surface area contributed by atoms with Gasteiger partial charge in [-0.15, -0.1) is 0 Å². The van der Waals surface area contributed by atoms with Gasteiger partial charge in [0, 0.05) is 25.3 Å². The molecule has 8 nitrogen and oxygen atoms in total. The smallest absolute Gasteiger partial charge is 0.262 e. The summed E-state index contributed by atoms with van der Waals surface area (Å²) in [6.07, 6.45) is 1.74. The Labute approximate surface area is 175 Å². The molecule has 1 N–H and O–H groups in total. The summed E-state index contributed by atoms with van der Waals surface area (Å²) in [6.45, 7) is 1.77. The van der Waals surface area contributed by atoms with Crippen molar-refractivity contribution in [2.45, 2.75) is 24.7 Å². The van der Waals surface area contributed by atoms with Gasteiger partial charge in [-0.05, 0) is 43.0 Å². The number of hydrogen-bond donors (Lipinski definition) is 1. The molecule has 0 aliphatic carbocycles. The van der Waals surface area contributed by atoms with Gasteiger partial charge in [0.2, 0.25) is 15.9 Å². The monoisotopic (exact) mass is 429 g/mol. The number of benzene rings is 2. The molecule has 2 aromatic rings. The van der Waals surface area contributed by atoms with E-state index >= 15 is 0 Å². The maximum atomic E-state index is 13.2. The van der Waals surface area contributed by atoms with E-state index in [1.807, 2.05) is 24.3 Å². The Morgan fingerprint density at radius 2 is 2.03 bits per heavy atom. The second kappa shape index (κ2) is 7.73. The second-order valence-electron chi connectivity index (χ2n) is 7.49. The third-order valence-corrected chi connectivity index (χ3v) is 7.31. The van der Waals surface area contributed by atoms with Crippen molar-refractivity contribution in [2.24, 2.45) is 0 Å². The van der Waals surface area contributed by atoms with Crippen molar-refractivity contribution in [1.82, 2.24) is 4.31 Å². The zero-order valence-electron chi connectivity index (χ0n) is 16.8. The lowest BCUT2D eigenvalue weighted by Crippen LogP contribution is -2.43. The molecule has 0 spiro atoms. The van der Waals surface area contributed by atoms with Crippen LogP contribution in [-0.2, 0) is 26.0 Å². The first-order valence-electron chi connectivity index (χ1n) is 9.69. The fraction of sp³-hybridized carbons (Fsp3) is 0.333. The number of para-hydroxylation sites is 1. The number of ether oxygens (including phenoxy) is 1. The first kappa shape index (κ1) is 20.4. The minimum absolute atomic E-state index is 0.0479. The van der Waals surface area contributed by atoms with Crippen LogP contribution in [-0.4, -0.2) is 51.3 Å². The van der Waals surface area contributed by atoms with Gasteiger partial charge in [-0.3, -0.25) is 9.59 Å². The van der Waals surface area contributed by atoms with Gasteiger partial charge in [0.1, 0.15) is 5.75 Å². The van der Waals surface area contributed by atoms with Gasteiger partial charge in [-0.25, -0.2) is 8.42 Å². The lowest BCUT2D eigenvalue weighted by atomic mass is 10.0. The average molecular weight is 429 g/mol. The maximum Gasteiger partial charge on any atom is 0.262 e. The highest BCUT2D eigenvalue weighted by Gasteiger charge is 2.30. The molecule has 2 aromatic carbocycles. The highest BCUT2D eigenvalue weighted by molar-refractivity contribution is 7.89. The van der Waals surface area contributed by atoms with E-state index in [2.05, 4.69) is 5.32 Å². The predicted octanol–water partition coefficient (Wildman–Crippen LogP) is 1.93. The first-order chi connectivity index (χ1) is 14.3. The molecule has 4 rings (SSSR count). The summed E-state index contributed by atoms with van der Waals surface area (Å²) < 4.78 is 32.8. The minimum atomic E-state index is -3.93. The number of carbonyl (C=O) groups is 2. The summed E-state index contributed by atoms with van der Waals surface area (Å²) in [5.41, 5.74) is 2.83. The third-order valence-electron chi connectivity index (χ3n) is 5.37. The van der Waals surface area contributed by atoms with Gasteiger partial charge in [-0.2, -0.15) is 4.31 Å². The zero-order chi connectivity index (χ0) is 21.5. The van der Waals surface area contributed by atoms with Crippen molar-refractivity contribution < 1.29 is 22.7 Å². The Balaban J connectivity index is 1.57. The number of aryl methyl sites for hydroxylation is 2. The molecule has 0 fully saturated rings. The Bertz CT molecular complexity index is 1130. The largest absolute Gasteiger partial charge is 0.482 e. The molecule has 0 unspecified atom stereocenters. The van der Waals surface area contributed by atoms with Crippen LogP contribution < -0.4 is 15.0 Å². The number of nitrogens with one attached hydrogen (secondary N) is 1. The Morgan fingerprint density at radius 1 is 1.27 bits per heavy atom. The van der Waals surface area contributed by atoms with Crippen LogP contribution in [0.3, 0.4) is 0 Å². The van der Waals surface area contributed by atoms with Crippen molar-refractivity contribution in [3.05, 3.63) is 47.5 Å². The van der Waals surface area contributed by atoms with E-state index in [4.69, 9.17) is 4.74 Å². The van der Waals surface area contributed by atoms with Gasteiger partial charge in [0.25, 0.3) is 5.91 Å². The van der Waals surface area contributed by atoms with E-state index in [1.54, 1.807) is 17.9 Å². The summed E-state index contributed by atoms with van der Waals surface area (Å²) >= 11 is 0. The molecule has 0 saturated heterocycles. The lowest BCUT2D eigenvalue weighted by molar-refractivity contribution is -0.119. The zero-order valence-corrected chi connectivity index (χ0v) is 17.7. The van der Waals surface area contributed by atoms with E-state index in [1.165, 1.54) is 13.1 Å². The number of nitrogens with zero attached hydrogens (tertiary/aromatic N) is 2. The molecule has 9 heteroatoms. The van der Waals surface area contributed by atoms with E-state index in [0.717, 1.165) is 28.4 Å². The molecule has 0 bridgehead atoms. The van der Waals surface area contributed by atoms with E-state index in [0.29, 0.717) is 23.5 Å². The molecule has 0 radical (unpaired) electrons. The van der Waals surface area contributed by atoms with Crippen LogP contribution in [0.5, 0.6) is 5.75 Å². The number of rotatable bonds is 4. The van der Waals surface area contributed by atoms with Crippen LogP contribution in [0.1, 0.15) is 17.5 Å². The Morgan fingerprint density at radius 3 is 2.83 bits per heavy atom. The number of fused-ring (bicyclic) bond motifs is 2. The predicted molar refractivity (Wildman–Crippen MR) is 112 cm³/mol. The van der Waals surface area contributed by atoms with Crippen LogP contribution in [0.4, 0.5) is 11.4 Å². The minimum Gasteiger partial charge on any atom is -0.482 e. The van der Waals surface area contributed by atoms with Crippen LogP contribution >= 0.6 is 0 Å². The number of anilines is 2. The molecule has 2 aliphatic rings. The van der Waals surface area contributed by atoms with Gasteiger partial charge >= 0.3 is 0 Å². The summed E-state index contributed by atoms with van der Waals surface area (Å²) in [6, 6.07) is 10.7. The van der Waals surface area contributed by atoms with Gasteiger partial charge < -0.3 is 15.0 Å². The van der Waals surface area contributed by atoms with Gasteiger partial charge in [0.05, 0.1) is 17.1 Å². The normalized spacial score (nSPS) is 15.8. The van der Waals surface area contributed by atoms with E-state index < -0.39 is 10.0 Å². The summed E-state index contributed by atoms with van der Waals surface area (Å²) in [4.78, 5) is 26.1. The lowest BCUT2D eigenvalue weighted by Gasteiger charge is -2.31. The van der Waals surface area contributed by atoms with Crippen molar-refractivity contribution in [1.29, 1.82) is 0 Å². The standard InChI is InChI=1S/C21H23N3O5S/c1-14-10-16-18(29-13-20(25)22-16)11-19(14)30(27,28)23(2)12-21(26)24-9-5-7-15-6-3-4-8-17(15)24/h3-4,6,8,10-11H,5,7,9,12-13H2,1-2H3,(H,22,25). The molecule has 158 valence electrons. The van der Waals surface area contributed by atoms with Crippen molar-refractivity contribution in [3.8, 4) is 5.75 Å². The highest BCUT2D eigenvalue weighted by atomic mass is 32.2. The molecule has 2 heterocycles. The molecule has 0 atom stereocenters. The molecule has 0 aromatic heterocycles. The van der Waals surface area contributed by atoms with E-state index in [-0.39, 0.29) is 29.9 Å². The number of sulfonamides is 1. The molecule has 2 amide bonds. The topological polar surface area (TPSA) is 96.0 Å². The fourth-order valence-electron chi connectivity index (χ4n) is 3.82. The quantitative estimate of drug-likeness (QED) is 0.801. The van der Waals surface area contributed by atoms with Crippen LogP contribution in [0, 0.1) is 6.92 Å². The SMILES string of the molecule is Cc1cc2c(cc1S(=O)(=O)N(C)CC(=O)N1CCCc3ccccc31)OCC(=O)N2. The van der Waals surface area contributed by atoms with Crippen molar-refractivity contribution >= 4 is 33.2 Å². The average Bonchev–Trinajstić information content (AvgIpc) is 2.72. The highest BCUT2D eigenvalue weighted by Crippen LogP contribution is 2.34. The van der Waals surface area contributed by atoms with E-state index in [9.17, 15) is 18.0 Å². The number of hydrogen-bond acceptors (Lipinski definition) is 5. The van der Waals surface area contributed by atoms with Crippen molar-refractivity contribution in [3.63, 3.8) is 0 Å². The third kappa shape index (κ3) is 3.66. The Hall–Kier alpha value is -2.91. The number of amides is 2. The molecule has 0 saturated carbocycles. The van der Waals surface area contributed by atoms with Crippen LogP contribution in [0.25, 0.3) is 0 Å². The van der Waals surface area contributed by atoms with Crippen molar-refractivity contribution in [2.75, 3.05) is 37.0 Å². The number of likely N-dealkylation sites (N-methyl/N-ethyl adjacent to an activating group) is 1. The summed E-state index contributed by atoms with van der Waals surface area (Å²) in [5, 5.41) is 2.66. The summed E-state index contributed by atoms with van der Waals surface area (Å²) in [5.74, 6) is -0.266. The van der Waals surface area contributed by atoms with Gasteiger partial charge in [-0.1, -0.05) is 18.2 Å². The second-order valence-corrected chi connectivity index (χ2v) is 9.50. The maximum absolute atomic E-state index is 13.2. The number of carbonyl (C=O) groups excluding carboxylic acids is 2. The molecule has 2 aliphatic heterocycles.